The van der Waals surface area contributed by atoms with Crippen molar-refractivity contribution in [1.82, 2.24) is 14.9 Å². The number of rotatable bonds is 7. The lowest BCUT2D eigenvalue weighted by Gasteiger charge is -2.24. The highest BCUT2D eigenvalue weighted by Gasteiger charge is 2.29. The fourth-order valence-electron chi connectivity index (χ4n) is 4.68. The maximum absolute atomic E-state index is 15.4. The van der Waals surface area contributed by atoms with Gasteiger partial charge in [-0.05, 0) is 60.2 Å². The molecule has 1 aliphatic heterocycles. The molecule has 1 fully saturated rings. The Kier molecular flexibility index (Phi) is 7.62. The van der Waals surface area contributed by atoms with E-state index in [2.05, 4.69) is 16.2 Å². The molecule has 36 heavy (non-hydrogen) atoms. The van der Waals surface area contributed by atoms with Gasteiger partial charge in [-0.1, -0.05) is 25.1 Å². The minimum absolute atomic E-state index is 0.122. The van der Waals surface area contributed by atoms with E-state index in [9.17, 15) is 9.59 Å². The molecule has 0 N–H and O–H groups in total. The molecule has 8 heteroatoms. The van der Waals surface area contributed by atoms with Crippen molar-refractivity contribution in [3.8, 4) is 11.1 Å². The zero-order valence-electron chi connectivity index (χ0n) is 21.2. The van der Waals surface area contributed by atoms with Crippen LogP contribution in [0, 0.1) is 18.7 Å². The highest BCUT2D eigenvalue weighted by atomic mass is 19.1. The first-order valence-electron chi connectivity index (χ1n) is 12.2. The van der Waals surface area contributed by atoms with Gasteiger partial charge in [0.25, 0.3) is 0 Å². The highest BCUT2D eigenvalue weighted by Crippen LogP contribution is 2.30. The Labute approximate surface area is 211 Å². The Hall–Kier alpha value is -3.81. The van der Waals surface area contributed by atoms with Gasteiger partial charge in [0, 0.05) is 51.6 Å². The number of nitrogens with zero attached hydrogens (tertiary/aromatic N) is 5. The summed E-state index contributed by atoms with van der Waals surface area (Å²) >= 11 is 0. The SMILES string of the molecule is CCC(=O)N1CC[C@@H](C/C(=N/N(C)C)N(C=O)c2ccc(-c3ccc4cc(C)cnc4c3)cc2F)C1. The number of amidine groups is 1. The number of anilines is 1. The number of fused-ring (bicyclic) bond motifs is 1. The largest absolute Gasteiger partial charge is 0.342 e. The second-order valence-corrected chi connectivity index (χ2v) is 9.48. The molecule has 1 aromatic heterocycles. The summed E-state index contributed by atoms with van der Waals surface area (Å²) in [6.07, 6.45) is 4.16. The number of likely N-dealkylation sites (tertiary alicyclic amines) is 1. The number of aryl methyl sites for hydroxylation is 1. The molecule has 4 rings (SSSR count). The number of hydrogen-bond donors (Lipinski definition) is 0. The average molecular weight is 490 g/mol. The van der Waals surface area contributed by atoms with Crippen molar-refractivity contribution in [2.24, 2.45) is 11.0 Å². The molecule has 3 aromatic rings. The standard InChI is InChI=1S/C28H32FN5O2/c1-5-28(36)33-11-10-20(17-33)13-27(31-32(3)4)34(18-35)26-9-8-21(14-24(26)29)22-6-7-23-12-19(2)16-30-25(23)15-22/h6-9,12,14-16,18,20H,5,10-11,13,17H2,1-4H3/b31-27-/t20-/m0/s1. The second-order valence-electron chi connectivity index (χ2n) is 9.48. The number of carbonyl (C=O) groups excluding carboxylic acids is 2. The fraction of sp³-hybridized carbons (Fsp3) is 0.357. The van der Waals surface area contributed by atoms with Crippen LogP contribution in [0.4, 0.5) is 10.1 Å². The highest BCUT2D eigenvalue weighted by molar-refractivity contribution is 6.10. The van der Waals surface area contributed by atoms with E-state index in [1.165, 1.54) is 11.0 Å². The molecule has 0 unspecified atom stereocenters. The monoisotopic (exact) mass is 489 g/mol. The van der Waals surface area contributed by atoms with Crippen molar-refractivity contribution in [3.63, 3.8) is 0 Å². The topological polar surface area (TPSA) is 69.1 Å². The number of carbonyl (C=O) groups is 2. The molecule has 0 spiro atoms. The van der Waals surface area contributed by atoms with Crippen molar-refractivity contribution in [2.45, 2.75) is 33.1 Å². The van der Waals surface area contributed by atoms with E-state index in [-0.39, 0.29) is 17.5 Å². The van der Waals surface area contributed by atoms with Crippen LogP contribution in [0.5, 0.6) is 0 Å². The molecule has 1 saturated heterocycles. The lowest BCUT2D eigenvalue weighted by atomic mass is 10.0. The molecular weight excluding hydrogens is 457 g/mol. The third-order valence-electron chi connectivity index (χ3n) is 6.47. The van der Waals surface area contributed by atoms with Gasteiger partial charge in [0.1, 0.15) is 11.7 Å². The summed E-state index contributed by atoms with van der Waals surface area (Å²) in [5.41, 5.74) is 3.60. The summed E-state index contributed by atoms with van der Waals surface area (Å²) in [4.78, 5) is 31.9. The normalized spacial score (nSPS) is 15.9. The van der Waals surface area contributed by atoms with Crippen molar-refractivity contribution in [2.75, 3.05) is 32.1 Å². The molecule has 188 valence electrons. The minimum atomic E-state index is -0.516. The molecule has 0 aliphatic carbocycles. The van der Waals surface area contributed by atoms with Gasteiger partial charge in [-0.3, -0.25) is 19.5 Å². The third kappa shape index (κ3) is 5.53. The molecule has 0 bridgehead atoms. The number of benzene rings is 2. The first-order valence-corrected chi connectivity index (χ1v) is 12.2. The van der Waals surface area contributed by atoms with Gasteiger partial charge < -0.3 is 9.91 Å². The van der Waals surface area contributed by atoms with Crippen LogP contribution in [0.1, 0.15) is 31.7 Å². The molecule has 0 saturated carbocycles. The van der Waals surface area contributed by atoms with Gasteiger partial charge in [-0.25, -0.2) is 4.39 Å². The number of halogens is 1. The molecule has 2 amide bonds. The maximum atomic E-state index is 15.4. The molecule has 1 atom stereocenters. The minimum Gasteiger partial charge on any atom is -0.342 e. The van der Waals surface area contributed by atoms with Gasteiger partial charge in [0.15, 0.2) is 0 Å². The number of hydrogen-bond acceptors (Lipinski definition) is 5. The van der Waals surface area contributed by atoms with E-state index in [1.807, 2.05) is 43.1 Å². The van der Waals surface area contributed by atoms with Crippen molar-refractivity contribution in [3.05, 3.63) is 60.0 Å². The van der Waals surface area contributed by atoms with Gasteiger partial charge in [0.2, 0.25) is 12.3 Å². The molecular formula is C28H32FN5O2. The molecule has 0 radical (unpaired) electrons. The van der Waals surface area contributed by atoms with Crippen LogP contribution in [0.3, 0.4) is 0 Å². The van der Waals surface area contributed by atoms with Crippen LogP contribution in [-0.4, -0.2) is 60.2 Å². The smallest absolute Gasteiger partial charge is 0.222 e. The van der Waals surface area contributed by atoms with Gasteiger partial charge >= 0.3 is 0 Å². The summed E-state index contributed by atoms with van der Waals surface area (Å²) in [6.45, 7) is 5.15. The van der Waals surface area contributed by atoms with E-state index in [4.69, 9.17) is 0 Å². The predicted octanol–water partition coefficient (Wildman–Crippen LogP) is 4.84. The maximum Gasteiger partial charge on any atom is 0.222 e. The molecule has 1 aliphatic rings. The lowest BCUT2D eigenvalue weighted by Crippen LogP contribution is -2.34. The van der Waals surface area contributed by atoms with Crippen LogP contribution in [-0.2, 0) is 9.59 Å². The summed E-state index contributed by atoms with van der Waals surface area (Å²) < 4.78 is 15.4. The zero-order chi connectivity index (χ0) is 25.8. The Morgan fingerprint density at radius 3 is 2.64 bits per heavy atom. The van der Waals surface area contributed by atoms with Gasteiger partial charge in [-0.15, -0.1) is 0 Å². The Morgan fingerprint density at radius 2 is 1.94 bits per heavy atom. The summed E-state index contributed by atoms with van der Waals surface area (Å²) in [7, 11) is 3.53. The average Bonchev–Trinajstić information content (AvgIpc) is 3.32. The van der Waals surface area contributed by atoms with Gasteiger partial charge in [0.05, 0.1) is 11.2 Å². The summed E-state index contributed by atoms with van der Waals surface area (Å²) in [5.74, 6) is 0.203. The van der Waals surface area contributed by atoms with Crippen LogP contribution in [0.15, 0.2) is 53.8 Å². The molecule has 2 heterocycles. The van der Waals surface area contributed by atoms with Crippen LogP contribution in [0.25, 0.3) is 22.0 Å². The van der Waals surface area contributed by atoms with Crippen molar-refractivity contribution < 1.29 is 14.0 Å². The Balaban J connectivity index is 1.60. The number of aromatic nitrogens is 1. The lowest BCUT2D eigenvalue weighted by molar-refractivity contribution is -0.129. The van der Waals surface area contributed by atoms with Crippen molar-refractivity contribution >= 4 is 34.7 Å². The van der Waals surface area contributed by atoms with E-state index in [0.717, 1.165) is 28.5 Å². The van der Waals surface area contributed by atoms with E-state index >= 15 is 4.39 Å². The number of pyridine rings is 1. The van der Waals surface area contributed by atoms with E-state index in [0.29, 0.717) is 43.7 Å². The predicted molar refractivity (Wildman–Crippen MR) is 141 cm³/mol. The Bertz CT molecular complexity index is 1310. The second kappa shape index (κ2) is 10.8. The van der Waals surface area contributed by atoms with Crippen LogP contribution in [0.2, 0.25) is 0 Å². The van der Waals surface area contributed by atoms with E-state index < -0.39 is 5.82 Å². The van der Waals surface area contributed by atoms with Gasteiger partial charge in [-0.2, -0.15) is 5.10 Å². The first-order chi connectivity index (χ1) is 17.3. The molecule has 7 nitrogen and oxygen atoms in total. The Morgan fingerprint density at radius 1 is 1.19 bits per heavy atom. The van der Waals surface area contributed by atoms with E-state index in [1.54, 1.807) is 31.2 Å². The zero-order valence-corrected chi connectivity index (χ0v) is 21.2. The van der Waals surface area contributed by atoms with Crippen LogP contribution < -0.4 is 4.90 Å². The van der Waals surface area contributed by atoms with Crippen molar-refractivity contribution in [1.29, 1.82) is 0 Å². The summed E-state index contributed by atoms with van der Waals surface area (Å²) in [5, 5.41) is 7.14. The number of amides is 2. The fourth-order valence-corrected chi connectivity index (χ4v) is 4.68. The molecule has 2 aromatic carbocycles. The first kappa shape index (κ1) is 25.3. The summed E-state index contributed by atoms with van der Waals surface area (Å²) in [6, 6.07) is 12.8. The third-order valence-corrected chi connectivity index (χ3v) is 6.47. The van der Waals surface area contributed by atoms with Crippen LogP contribution >= 0.6 is 0 Å². The number of hydrazone groups is 1. The quantitative estimate of drug-likeness (QED) is 0.206.